The van der Waals surface area contributed by atoms with Gasteiger partial charge in [-0.15, -0.1) is 24.8 Å². The van der Waals surface area contributed by atoms with Gasteiger partial charge in [0.1, 0.15) is 0 Å². The van der Waals surface area contributed by atoms with Gasteiger partial charge in [0.2, 0.25) is 0 Å². The molecule has 1 atom stereocenters. The van der Waals surface area contributed by atoms with Gasteiger partial charge < -0.3 is 0 Å². The predicted octanol–water partition coefficient (Wildman–Crippen LogP) is 8.05. The Kier molecular flexibility index (Phi) is 8.82. The molecule has 0 radical (unpaired) electrons. The topological polar surface area (TPSA) is 12.0 Å². The average molecular weight is 474 g/mol. The summed E-state index contributed by atoms with van der Waals surface area (Å²) in [4.78, 5) is 0. The van der Waals surface area contributed by atoms with Gasteiger partial charge in [-0.1, -0.05) is 0 Å². The number of allylic oxidation sites excluding steroid dienone is 4. The maximum Gasteiger partial charge on any atom is -0.147 e. The number of rotatable bonds is 5. The van der Waals surface area contributed by atoms with Crippen LogP contribution in [0, 0.1) is 5.92 Å². The molecule has 3 aromatic carbocycles. The van der Waals surface area contributed by atoms with Crippen molar-refractivity contribution < 1.29 is 19.4 Å². The standard InChI is InChI=1S/C20H21.C6H6N.2ClH.Ti/c1-12-13(2)15(4)20(14(12)3)19-11-10-17-8-6-7-9-18(17)16(19)5;7-6-4-2-1-3-5-6;;;/h6-11,14H,5H2,1-4H3;1-5,7H;2*1H;/q;-1;;;+1. The van der Waals surface area contributed by atoms with Crippen LogP contribution in [0.3, 0.4) is 0 Å². The van der Waals surface area contributed by atoms with Crippen LogP contribution in [0.25, 0.3) is 16.3 Å². The van der Waals surface area contributed by atoms with Crippen LogP contribution < -0.4 is 3.80 Å². The summed E-state index contributed by atoms with van der Waals surface area (Å²) in [7, 11) is 0. The van der Waals surface area contributed by atoms with Gasteiger partial charge in [-0.25, -0.2) is 0 Å². The molecule has 1 aliphatic rings. The van der Waals surface area contributed by atoms with Crippen LogP contribution in [0.1, 0.15) is 38.8 Å². The minimum atomic E-state index is -0.328. The van der Waals surface area contributed by atoms with Crippen molar-refractivity contribution in [2.75, 3.05) is 3.80 Å². The first-order valence-electron chi connectivity index (χ1n) is 10.0. The number of hydrogen-bond donors (Lipinski definition) is 1. The zero-order valence-electron chi connectivity index (χ0n) is 18.0. The number of halogens is 2. The van der Waals surface area contributed by atoms with Crippen LogP contribution in [-0.2, 0) is 24.1 Å². The third kappa shape index (κ3) is 4.71. The van der Waals surface area contributed by atoms with Crippen LogP contribution in [0.15, 0.2) is 83.4 Å². The van der Waals surface area contributed by atoms with E-state index >= 15 is 0 Å². The fraction of sp³-hybridized carbons (Fsp3) is 0.231. The Morgan fingerprint density at radius 1 is 0.800 bits per heavy atom. The second-order valence-corrected chi connectivity index (χ2v) is 9.22. The van der Waals surface area contributed by atoms with E-state index in [0.29, 0.717) is 5.92 Å². The van der Waals surface area contributed by atoms with Gasteiger partial charge in [-0.3, -0.25) is 0 Å². The fourth-order valence-corrected chi connectivity index (χ4v) is 5.92. The zero-order valence-corrected chi connectivity index (χ0v) is 21.1. The molecule has 1 N–H and O–H groups in total. The Bertz CT molecular complexity index is 1090. The number of fused-ring (bicyclic) bond motifs is 1. The molecule has 1 nitrogen and oxygen atoms in total. The summed E-state index contributed by atoms with van der Waals surface area (Å²) in [6.07, 6.45) is 0. The van der Waals surface area contributed by atoms with Crippen LogP contribution in [0.4, 0.5) is 5.69 Å². The van der Waals surface area contributed by atoms with Crippen molar-refractivity contribution in [3.8, 4) is 0 Å². The van der Waals surface area contributed by atoms with Crippen molar-refractivity contribution in [3.63, 3.8) is 0 Å². The molecule has 3 aromatic rings. The normalized spacial score (nSPS) is 15.7. The molecule has 0 spiro atoms. The Labute approximate surface area is 202 Å². The van der Waals surface area contributed by atoms with E-state index in [1.165, 1.54) is 49.9 Å². The number of benzene rings is 3. The third-order valence-electron chi connectivity index (χ3n) is 6.24. The summed E-state index contributed by atoms with van der Waals surface area (Å²) < 4.78 is 4.85. The maximum absolute atomic E-state index is 3.71. The smallest absolute Gasteiger partial charge is 0.147 e. The van der Waals surface area contributed by atoms with Crippen molar-refractivity contribution in [2.45, 2.75) is 32.4 Å². The first-order valence-corrected chi connectivity index (χ1v) is 11.9. The largest absolute Gasteiger partial charge is 0.147 e. The number of nitrogens with one attached hydrogen (secondary N) is 1. The predicted molar refractivity (Wildman–Crippen MR) is 132 cm³/mol. The van der Waals surface area contributed by atoms with E-state index in [-0.39, 0.29) is 44.2 Å². The minimum absolute atomic E-state index is 0. The molecule has 156 valence electrons. The fourth-order valence-electron chi connectivity index (χ4n) is 4.33. The van der Waals surface area contributed by atoms with Crippen LogP contribution >= 0.6 is 24.8 Å². The zero-order chi connectivity index (χ0) is 19.7. The van der Waals surface area contributed by atoms with Crippen molar-refractivity contribution in [1.29, 1.82) is 0 Å². The quantitative estimate of drug-likeness (QED) is 0.369. The van der Waals surface area contributed by atoms with Gasteiger partial charge in [0.15, 0.2) is 0 Å². The Balaban J connectivity index is 0.00000160. The summed E-state index contributed by atoms with van der Waals surface area (Å²) in [6.45, 7) is 9.24. The van der Waals surface area contributed by atoms with E-state index in [0.717, 1.165) is 4.73 Å². The SMILES string of the molecule is CC1=C(C)C(C)C(c2ccc3ccccc3c2[CH2][Ti][NH]c2ccccc2)=C1C.Cl.Cl. The monoisotopic (exact) mass is 473 g/mol. The molecule has 0 fully saturated rings. The van der Waals surface area contributed by atoms with Gasteiger partial charge in [0.05, 0.1) is 0 Å². The molecule has 0 aliphatic heterocycles. The summed E-state index contributed by atoms with van der Waals surface area (Å²) in [5.41, 5.74) is 10.2. The summed E-state index contributed by atoms with van der Waals surface area (Å²) >= 11 is -0.328. The molecule has 4 rings (SSSR count). The van der Waals surface area contributed by atoms with E-state index in [2.05, 4.69) is 98.2 Å². The van der Waals surface area contributed by atoms with Gasteiger partial charge in [-0.2, -0.15) is 0 Å². The number of hydrogen-bond acceptors (Lipinski definition) is 1. The van der Waals surface area contributed by atoms with Crippen LogP contribution in [0.5, 0.6) is 0 Å². The Morgan fingerprint density at radius 3 is 2.13 bits per heavy atom. The number of para-hydroxylation sites is 1. The van der Waals surface area contributed by atoms with Crippen molar-refractivity contribution in [3.05, 3.63) is 94.6 Å². The molecule has 4 heteroatoms. The molecular formula is C26H29Cl2NTi. The summed E-state index contributed by atoms with van der Waals surface area (Å²) in [6, 6.07) is 24.1. The van der Waals surface area contributed by atoms with Crippen molar-refractivity contribution >= 4 is 46.8 Å². The number of anilines is 1. The molecule has 1 unspecified atom stereocenters. The average Bonchev–Trinajstić information content (AvgIpc) is 2.92. The third-order valence-corrected chi connectivity index (χ3v) is 7.80. The van der Waals surface area contributed by atoms with Crippen molar-refractivity contribution in [1.82, 2.24) is 0 Å². The first kappa shape index (κ1) is 24.8. The van der Waals surface area contributed by atoms with Crippen molar-refractivity contribution in [2.24, 2.45) is 5.92 Å². The summed E-state index contributed by atoms with van der Waals surface area (Å²) in [5.74, 6) is 0.502. The van der Waals surface area contributed by atoms with Gasteiger partial charge >= 0.3 is 178 Å². The molecule has 0 saturated heterocycles. The molecule has 1 aliphatic carbocycles. The first-order chi connectivity index (χ1) is 13.6. The molecule has 0 saturated carbocycles. The van der Waals surface area contributed by atoms with E-state index in [1.54, 1.807) is 0 Å². The minimum Gasteiger partial charge on any atom is -0.147 e. The molecule has 0 bridgehead atoms. The van der Waals surface area contributed by atoms with Crippen LogP contribution in [0.2, 0.25) is 0 Å². The molecular weight excluding hydrogens is 445 g/mol. The Morgan fingerprint density at radius 2 is 1.47 bits per heavy atom. The second-order valence-electron chi connectivity index (χ2n) is 7.73. The van der Waals surface area contributed by atoms with Gasteiger partial charge in [0.25, 0.3) is 0 Å². The van der Waals surface area contributed by atoms with E-state index in [4.69, 9.17) is 0 Å². The maximum atomic E-state index is 3.71. The molecule has 30 heavy (non-hydrogen) atoms. The van der Waals surface area contributed by atoms with Gasteiger partial charge in [-0.05, 0) is 0 Å². The van der Waals surface area contributed by atoms with E-state index in [9.17, 15) is 0 Å². The molecule has 0 amide bonds. The van der Waals surface area contributed by atoms with E-state index in [1.807, 2.05) is 0 Å². The second kappa shape index (κ2) is 10.7. The Hall–Kier alpha value is -1.51. The molecule has 0 aromatic heterocycles. The van der Waals surface area contributed by atoms with Gasteiger partial charge in [0, 0.05) is 0 Å². The molecule has 0 heterocycles. The summed E-state index contributed by atoms with van der Waals surface area (Å²) in [5, 5.41) is 2.76. The van der Waals surface area contributed by atoms with Crippen LogP contribution in [-0.4, -0.2) is 0 Å². The van der Waals surface area contributed by atoms with E-state index < -0.39 is 0 Å².